The maximum absolute atomic E-state index is 11.1. The predicted molar refractivity (Wildman–Crippen MR) is 103 cm³/mol. The summed E-state index contributed by atoms with van der Waals surface area (Å²) in [4.78, 5) is 24.9. The molecule has 3 rings (SSSR count). The van der Waals surface area contributed by atoms with Crippen molar-refractivity contribution in [3.05, 3.63) is 23.5 Å². The molecule has 7 nitrogen and oxygen atoms in total. The van der Waals surface area contributed by atoms with Crippen LogP contribution in [0.3, 0.4) is 0 Å². The fourth-order valence-electron chi connectivity index (χ4n) is 2.75. The van der Waals surface area contributed by atoms with Crippen LogP contribution in [0.1, 0.15) is 58.8 Å². The number of ketones is 1. The Morgan fingerprint density at radius 1 is 1.04 bits per heavy atom. The highest BCUT2D eigenvalue weighted by molar-refractivity contribution is 5.98. The minimum atomic E-state index is -0.279. The van der Waals surface area contributed by atoms with Gasteiger partial charge >= 0.3 is 0 Å². The third kappa shape index (κ3) is 5.05. The van der Waals surface area contributed by atoms with E-state index in [-0.39, 0.29) is 16.9 Å². The monoisotopic (exact) mass is 373 g/mol. The third-order valence-corrected chi connectivity index (χ3v) is 4.11. The molecular weight excluding hydrogens is 346 g/mol. The van der Waals surface area contributed by atoms with Crippen molar-refractivity contribution < 1.29 is 19.0 Å². The summed E-state index contributed by atoms with van der Waals surface area (Å²) in [6, 6.07) is 3.61. The number of rotatable bonds is 7. The van der Waals surface area contributed by atoms with Gasteiger partial charge in [0.05, 0.1) is 17.7 Å². The standard InChI is InChI=1S/C20H27N3O4/c1-13(24)7-6-8-25-14-9-15(17-22-19(2,3)11-26-17)21-16(10-14)18-23-20(4,5)12-27-18/h9-10H,6-8,11-12H2,1-5H3. The van der Waals surface area contributed by atoms with Crippen LogP contribution in [0.15, 0.2) is 22.1 Å². The Hall–Kier alpha value is -2.44. The molecule has 0 bridgehead atoms. The van der Waals surface area contributed by atoms with E-state index < -0.39 is 0 Å². The van der Waals surface area contributed by atoms with Crippen LogP contribution in [0, 0.1) is 0 Å². The normalized spacial score (nSPS) is 19.7. The first-order valence-electron chi connectivity index (χ1n) is 9.24. The Kier molecular flexibility index (Phi) is 5.22. The molecule has 0 N–H and O–H groups in total. The number of ether oxygens (including phenoxy) is 3. The average molecular weight is 373 g/mol. The van der Waals surface area contributed by atoms with Crippen LogP contribution in [0.4, 0.5) is 0 Å². The SMILES string of the molecule is CC(=O)CCCOc1cc(C2=NC(C)(C)CO2)nc(C2=NC(C)(C)CO2)c1. The van der Waals surface area contributed by atoms with Gasteiger partial charge in [-0.25, -0.2) is 15.0 Å². The van der Waals surface area contributed by atoms with Gasteiger partial charge in [-0.2, -0.15) is 0 Å². The van der Waals surface area contributed by atoms with Crippen LogP contribution in [-0.2, 0) is 14.3 Å². The average Bonchev–Trinajstić information content (AvgIpc) is 3.13. The molecule has 0 saturated heterocycles. The van der Waals surface area contributed by atoms with Gasteiger partial charge in [0.2, 0.25) is 11.8 Å². The van der Waals surface area contributed by atoms with E-state index in [9.17, 15) is 4.79 Å². The highest BCUT2D eigenvalue weighted by Gasteiger charge is 2.31. The zero-order valence-electron chi connectivity index (χ0n) is 16.7. The predicted octanol–water partition coefficient (Wildman–Crippen LogP) is 2.94. The van der Waals surface area contributed by atoms with Gasteiger partial charge in [0, 0.05) is 18.6 Å². The molecule has 0 spiro atoms. The van der Waals surface area contributed by atoms with E-state index in [4.69, 9.17) is 14.2 Å². The lowest BCUT2D eigenvalue weighted by atomic mass is 10.1. The highest BCUT2D eigenvalue weighted by Crippen LogP contribution is 2.25. The van der Waals surface area contributed by atoms with Crippen LogP contribution in [0.5, 0.6) is 5.75 Å². The minimum Gasteiger partial charge on any atom is -0.493 e. The smallest absolute Gasteiger partial charge is 0.236 e. The number of carbonyl (C=O) groups is 1. The molecule has 0 radical (unpaired) electrons. The molecule has 0 aromatic carbocycles. The molecule has 0 amide bonds. The Bertz CT molecular complexity index is 744. The molecule has 0 fully saturated rings. The van der Waals surface area contributed by atoms with Crippen LogP contribution in [0.2, 0.25) is 0 Å². The number of aromatic nitrogens is 1. The summed E-state index contributed by atoms with van der Waals surface area (Å²) >= 11 is 0. The lowest BCUT2D eigenvalue weighted by Crippen LogP contribution is -2.17. The molecule has 1 aromatic rings. The van der Waals surface area contributed by atoms with Gasteiger partial charge in [0.25, 0.3) is 0 Å². The second-order valence-corrected chi connectivity index (χ2v) is 8.26. The Morgan fingerprint density at radius 3 is 1.96 bits per heavy atom. The molecule has 2 aliphatic heterocycles. The lowest BCUT2D eigenvalue weighted by Gasteiger charge is -2.10. The summed E-state index contributed by atoms with van der Waals surface area (Å²) in [5.74, 6) is 1.77. The molecule has 7 heteroatoms. The van der Waals surface area contributed by atoms with Crippen molar-refractivity contribution >= 4 is 17.6 Å². The van der Waals surface area contributed by atoms with Crippen LogP contribution in [0.25, 0.3) is 0 Å². The number of hydrogen-bond donors (Lipinski definition) is 0. The van der Waals surface area contributed by atoms with E-state index in [1.54, 1.807) is 19.1 Å². The second-order valence-electron chi connectivity index (χ2n) is 8.26. The van der Waals surface area contributed by atoms with Crippen molar-refractivity contribution in [3.8, 4) is 5.75 Å². The molecule has 0 saturated carbocycles. The molecule has 3 heterocycles. The van der Waals surface area contributed by atoms with Gasteiger partial charge in [0.1, 0.15) is 36.1 Å². The topological polar surface area (TPSA) is 82.4 Å². The van der Waals surface area contributed by atoms with Gasteiger partial charge in [-0.3, -0.25) is 0 Å². The van der Waals surface area contributed by atoms with Crippen molar-refractivity contribution in [3.63, 3.8) is 0 Å². The quantitative estimate of drug-likeness (QED) is 0.686. The number of carbonyl (C=O) groups excluding carboxylic acids is 1. The van der Waals surface area contributed by atoms with E-state index in [1.807, 2.05) is 27.7 Å². The van der Waals surface area contributed by atoms with Crippen molar-refractivity contribution in [2.45, 2.75) is 58.5 Å². The highest BCUT2D eigenvalue weighted by atomic mass is 16.5. The zero-order valence-corrected chi connectivity index (χ0v) is 16.7. The number of pyridine rings is 1. The van der Waals surface area contributed by atoms with Crippen molar-refractivity contribution in [1.82, 2.24) is 4.98 Å². The molecule has 27 heavy (non-hydrogen) atoms. The molecular formula is C20H27N3O4. The van der Waals surface area contributed by atoms with Crippen molar-refractivity contribution in [1.29, 1.82) is 0 Å². The summed E-state index contributed by atoms with van der Waals surface area (Å²) in [6.07, 6.45) is 1.16. The summed E-state index contributed by atoms with van der Waals surface area (Å²) in [5.41, 5.74) is 0.629. The maximum atomic E-state index is 11.1. The van der Waals surface area contributed by atoms with E-state index in [0.717, 1.165) is 0 Å². The molecule has 1 aromatic heterocycles. The lowest BCUT2D eigenvalue weighted by molar-refractivity contribution is -0.117. The van der Waals surface area contributed by atoms with E-state index in [2.05, 4.69) is 15.0 Å². The molecule has 0 atom stereocenters. The second kappa shape index (κ2) is 7.29. The molecule has 0 aliphatic carbocycles. The summed E-state index contributed by atoms with van der Waals surface area (Å²) in [6.45, 7) is 11.1. The first-order valence-corrected chi connectivity index (χ1v) is 9.24. The number of aliphatic imine (C=N–C) groups is 2. The van der Waals surface area contributed by atoms with Crippen LogP contribution >= 0.6 is 0 Å². The van der Waals surface area contributed by atoms with Gasteiger partial charge in [-0.15, -0.1) is 0 Å². The summed E-state index contributed by atoms with van der Waals surface area (Å²) in [7, 11) is 0. The molecule has 2 aliphatic rings. The maximum Gasteiger partial charge on any atom is 0.236 e. The fourth-order valence-corrected chi connectivity index (χ4v) is 2.75. The van der Waals surface area contributed by atoms with Crippen LogP contribution < -0.4 is 4.74 Å². The minimum absolute atomic E-state index is 0.154. The fraction of sp³-hybridized carbons (Fsp3) is 0.600. The number of Topliss-reactive ketones (excluding diaryl/α,β-unsaturated/α-hetero) is 1. The third-order valence-electron chi connectivity index (χ3n) is 4.11. The summed E-state index contributed by atoms with van der Waals surface area (Å²) in [5, 5.41) is 0. The Labute approximate surface area is 159 Å². The first-order chi connectivity index (χ1) is 12.6. The number of nitrogens with zero attached hydrogens (tertiary/aromatic N) is 3. The Balaban J connectivity index is 1.88. The van der Waals surface area contributed by atoms with Crippen LogP contribution in [-0.4, -0.2) is 53.5 Å². The van der Waals surface area contributed by atoms with E-state index in [0.29, 0.717) is 61.6 Å². The van der Waals surface area contributed by atoms with Crippen molar-refractivity contribution in [2.24, 2.45) is 9.98 Å². The van der Waals surface area contributed by atoms with Gasteiger partial charge in [0.15, 0.2) is 0 Å². The van der Waals surface area contributed by atoms with Gasteiger partial charge < -0.3 is 19.0 Å². The molecule has 0 unspecified atom stereocenters. The molecule has 146 valence electrons. The van der Waals surface area contributed by atoms with Gasteiger partial charge in [-0.1, -0.05) is 0 Å². The number of hydrogen-bond acceptors (Lipinski definition) is 7. The first kappa shape index (κ1) is 19.3. The zero-order chi connectivity index (χ0) is 19.7. The van der Waals surface area contributed by atoms with Crippen molar-refractivity contribution in [2.75, 3.05) is 19.8 Å². The Morgan fingerprint density at radius 2 is 1.56 bits per heavy atom. The van der Waals surface area contributed by atoms with E-state index >= 15 is 0 Å². The van der Waals surface area contributed by atoms with Gasteiger partial charge in [-0.05, 0) is 41.0 Å². The van der Waals surface area contributed by atoms with E-state index in [1.165, 1.54) is 0 Å². The largest absolute Gasteiger partial charge is 0.493 e. The summed E-state index contributed by atoms with van der Waals surface area (Å²) < 4.78 is 17.3.